The molecular formula is C24H20N6O2S. The molecule has 5 aromatic rings. The number of aryl methyl sites for hydroxylation is 1. The minimum atomic E-state index is -0.513. The number of esters is 1. The maximum absolute atomic E-state index is 12.5. The van der Waals surface area contributed by atoms with Crippen LogP contribution >= 0.6 is 11.3 Å². The van der Waals surface area contributed by atoms with E-state index in [1.807, 2.05) is 35.7 Å². The molecule has 0 radical (unpaired) electrons. The minimum Gasteiger partial charge on any atom is -0.462 e. The molecule has 0 aliphatic rings. The first kappa shape index (κ1) is 20.8. The summed E-state index contributed by atoms with van der Waals surface area (Å²) in [6.07, 6.45) is 1.46. The molecule has 0 spiro atoms. The molecule has 0 saturated carbocycles. The van der Waals surface area contributed by atoms with Crippen molar-refractivity contribution < 1.29 is 9.53 Å². The second kappa shape index (κ2) is 8.79. The fourth-order valence-electron chi connectivity index (χ4n) is 3.32. The molecule has 0 atom stereocenters. The third-order valence-electron chi connectivity index (χ3n) is 4.98. The van der Waals surface area contributed by atoms with Gasteiger partial charge in [-0.25, -0.2) is 19.3 Å². The van der Waals surface area contributed by atoms with Crippen molar-refractivity contribution in [1.29, 1.82) is 0 Å². The zero-order chi connectivity index (χ0) is 22.8. The molecule has 0 fully saturated rings. The number of carbonyl (C=O) groups is 1. The maximum atomic E-state index is 12.5. The van der Waals surface area contributed by atoms with E-state index in [2.05, 4.69) is 56.6 Å². The summed E-state index contributed by atoms with van der Waals surface area (Å²) in [4.78, 5) is 26.7. The van der Waals surface area contributed by atoms with Gasteiger partial charge in [-0.15, -0.1) is 16.4 Å². The number of nitrogens with one attached hydrogen (secondary N) is 1. The van der Waals surface area contributed by atoms with Crippen LogP contribution in [0.1, 0.15) is 22.8 Å². The molecule has 0 unspecified atom stereocenters. The molecule has 0 aliphatic heterocycles. The average molecular weight is 457 g/mol. The van der Waals surface area contributed by atoms with Gasteiger partial charge in [-0.05, 0) is 13.8 Å². The van der Waals surface area contributed by atoms with Gasteiger partial charge >= 0.3 is 5.97 Å². The van der Waals surface area contributed by atoms with Gasteiger partial charge in [0.2, 0.25) is 10.9 Å². The SMILES string of the molecule is CCOC(=O)c1cnc(-c2ccccc2)nc1Nc1nc2scc(-c3ccc(C)cc3)n2n1. The number of rotatable bonds is 6. The van der Waals surface area contributed by atoms with Crippen molar-refractivity contribution in [1.82, 2.24) is 24.6 Å². The van der Waals surface area contributed by atoms with Gasteiger partial charge in [0.05, 0.1) is 12.3 Å². The van der Waals surface area contributed by atoms with Crippen LogP contribution in [0, 0.1) is 6.92 Å². The maximum Gasteiger partial charge on any atom is 0.343 e. The highest BCUT2D eigenvalue weighted by Crippen LogP contribution is 2.28. The monoisotopic (exact) mass is 456 g/mol. The van der Waals surface area contributed by atoms with Crippen LogP contribution in [-0.4, -0.2) is 37.1 Å². The number of thiazole rings is 1. The van der Waals surface area contributed by atoms with Gasteiger partial charge in [-0.3, -0.25) is 0 Å². The van der Waals surface area contributed by atoms with E-state index in [9.17, 15) is 4.79 Å². The summed E-state index contributed by atoms with van der Waals surface area (Å²) < 4.78 is 6.96. The van der Waals surface area contributed by atoms with E-state index in [1.54, 1.807) is 11.4 Å². The Hall–Kier alpha value is -4.11. The molecule has 0 amide bonds. The molecule has 0 bridgehead atoms. The predicted molar refractivity (Wildman–Crippen MR) is 128 cm³/mol. The summed E-state index contributed by atoms with van der Waals surface area (Å²) in [7, 11) is 0. The summed E-state index contributed by atoms with van der Waals surface area (Å²) in [6, 6.07) is 17.8. The standard InChI is InChI=1S/C24H20N6O2S/c1-3-32-22(31)18-13-25-20(17-7-5-4-6-8-17)26-21(18)27-23-28-24-30(29-23)19(14-33-24)16-11-9-15(2)10-12-16/h4-14H,3H2,1-2H3,(H,25,26,27,29). The van der Waals surface area contributed by atoms with Crippen molar-refractivity contribution in [2.45, 2.75) is 13.8 Å². The van der Waals surface area contributed by atoms with Crippen LogP contribution in [0.2, 0.25) is 0 Å². The van der Waals surface area contributed by atoms with Crippen molar-refractivity contribution in [3.05, 3.63) is 77.3 Å². The second-order valence-electron chi connectivity index (χ2n) is 7.28. The Bertz CT molecular complexity index is 1430. The highest BCUT2D eigenvalue weighted by atomic mass is 32.1. The third kappa shape index (κ3) is 4.18. The van der Waals surface area contributed by atoms with Gasteiger partial charge in [-0.1, -0.05) is 60.2 Å². The third-order valence-corrected chi connectivity index (χ3v) is 5.79. The highest BCUT2D eigenvalue weighted by molar-refractivity contribution is 7.15. The van der Waals surface area contributed by atoms with Gasteiger partial charge in [0, 0.05) is 22.7 Å². The summed E-state index contributed by atoms with van der Waals surface area (Å²) in [6.45, 7) is 4.05. The van der Waals surface area contributed by atoms with E-state index in [0.29, 0.717) is 11.8 Å². The lowest BCUT2D eigenvalue weighted by Gasteiger charge is -2.10. The number of benzene rings is 2. The Morgan fingerprint density at radius 3 is 2.61 bits per heavy atom. The number of hydrogen-bond acceptors (Lipinski definition) is 8. The van der Waals surface area contributed by atoms with Crippen molar-refractivity contribution in [2.24, 2.45) is 0 Å². The van der Waals surface area contributed by atoms with Crippen LogP contribution in [0.15, 0.2) is 66.2 Å². The molecule has 3 heterocycles. The van der Waals surface area contributed by atoms with E-state index >= 15 is 0 Å². The van der Waals surface area contributed by atoms with Crippen molar-refractivity contribution in [3.63, 3.8) is 0 Å². The first-order valence-corrected chi connectivity index (χ1v) is 11.3. The molecule has 5 rings (SSSR count). The molecule has 2 aromatic carbocycles. The Labute approximate surface area is 193 Å². The number of anilines is 2. The van der Waals surface area contributed by atoms with Crippen LogP contribution in [0.5, 0.6) is 0 Å². The zero-order valence-corrected chi connectivity index (χ0v) is 18.8. The molecule has 164 valence electrons. The van der Waals surface area contributed by atoms with Crippen molar-refractivity contribution in [2.75, 3.05) is 11.9 Å². The van der Waals surface area contributed by atoms with Crippen LogP contribution in [0.25, 0.3) is 27.6 Å². The van der Waals surface area contributed by atoms with E-state index in [0.717, 1.165) is 21.8 Å². The Morgan fingerprint density at radius 2 is 1.85 bits per heavy atom. The first-order chi connectivity index (χ1) is 16.1. The Balaban J connectivity index is 1.53. The number of nitrogens with zero attached hydrogens (tertiary/aromatic N) is 5. The predicted octanol–water partition coefficient (Wildman–Crippen LogP) is 5.14. The van der Waals surface area contributed by atoms with Crippen LogP contribution in [0.3, 0.4) is 0 Å². The smallest absolute Gasteiger partial charge is 0.343 e. The minimum absolute atomic E-state index is 0.216. The Morgan fingerprint density at radius 1 is 1.06 bits per heavy atom. The number of ether oxygens (including phenoxy) is 1. The normalized spacial score (nSPS) is 11.0. The number of aromatic nitrogens is 5. The Kier molecular flexibility index (Phi) is 5.54. The largest absolute Gasteiger partial charge is 0.462 e. The lowest BCUT2D eigenvalue weighted by Crippen LogP contribution is -2.11. The van der Waals surface area contributed by atoms with Crippen molar-refractivity contribution in [3.8, 4) is 22.6 Å². The lowest BCUT2D eigenvalue weighted by molar-refractivity contribution is 0.0526. The quantitative estimate of drug-likeness (QED) is 0.353. The molecule has 8 nitrogen and oxygen atoms in total. The van der Waals surface area contributed by atoms with Gasteiger partial charge in [0.15, 0.2) is 11.6 Å². The van der Waals surface area contributed by atoms with Crippen LogP contribution in [-0.2, 0) is 4.74 Å². The highest BCUT2D eigenvalue weighted by Gasteiger charge is 2.19. The molecule has 33 heavy (non-hydrogen) atoms. The summed E-state index contributed by atoms with van der Waals surface area (Å²) in [5.41, 5.74) is 4.22. The number of carbonyl (C=O) groups excluding carboxylic acids is 1. The summed E-state index contributed by atoms with van der Waals surface area (Å²) >= 11 is 1.49. The first-order valence-electron chi connectivity index (χ1n) is 10.4. The van der Waals surface area contributed by atoms with E-state index in [1.165, 1.54) is 23.1 Å². The summed E-state index contributed by atoms with van der Waals surface area (Å²) in [5.74, 6) is 0.587. The van der Waals surface area contributed by atoms with E-state index < -0.39 is 5.97 Å². The second-order valence-corrected chi connectivity index (χ2v) is 8.12. The van der Waals surface area contributed by atoms with E-state index in [-0.39, 0.29) is 18.0 Å². The topological polar surface area (TPSA) is 94.3 Å². The molecule has 0 aliphatic carbocycles. The van der Waals surface area contributed by atoms with Gasteiger partial charge in [0.25, 0.3) is 0 Å². The average Bonchev–Trinajstić information content (AvgIpc) is 3.41. The molecular weight excluding hydrogens is 436 g/mol. The number of fused-ring (bicyclic) bond motifs is 1. The van der Waals surface area contributed by atoms with Gasteiger partial charge in [0.1, 0.15) is 5.56 Å². The molecule has 9 heteroatoms. The molecule has 0 saturated heterocycles. The zero-order valence-electron chi connectivity index (χ0n) is 18.0. The lowest BCUT2D eigenvalue weighted by atomic mass is 10.1. The van der Waals surface area contributed by atoms with Crippen LogP contribution in [0.4, 0.5) is 11.8 Å². The van der Waals surface area contributed by atoms with Gasteiger partial charge < -0.3 is 10.1 Å². The number of hydrogen-bond donors (Lipinski definition) is 1. The molecule has 1 N–H and O–H groups in total. The summed E-state index contributed by atoms with van der Waals surface area (Å²) in [5, 5.41) is 9.72. The van der Waals surface area contributed by atoms with Crippen LogP contribution < -0.4 is 5.32 Å². The fourth-order valence-corrected chi connectivity index (χ4v) is 4.16. The van der Waals surface area contributed by atoms with Gasteiger partial charge in [-0.2, -0.15) is 4.98 Å². The van der Waals surface area contributed by atoms with E-state index in [4.69, 9.17) is 4.74 Å². The van der Waals surface area contributed by atoms with Crippen molar-refractivity contribution >= 4 is 34.0 Å². The molecule has 3 aromatic heterocycles. The fraction of sp³-hybridized carbons (Fsp3) is 0.125.